The molecule has 0 N–H and O–H groups in total. The summed E-state index contributed by atoms with van der Waals surface area (Å²) in [5, 5.41) is 0. The standard InChI is InChI=1S/C45H76/c1-7-43(5,8-2)33-26-34(44(6,9-3)10-4)28-45(27-33)39-22-20-32-24-37-35-18-14-13-15-29(35)19-21-36(37)41(32)42(39)38-23-30-16-11-12-17-31(30)25-40(38)45/h29-42H,7-28H2,1-6H3. The van der Waals surface area contributed by atoms with E-state index in [1.807, 2.05) is 0 Å². The first-order chi connectivity index (χ1) is 21.8. The molecule has 0 heteroatoms. The van der Waals surface area contributed by atoms with Crippen molar-refractivity contribution in [1.82, 2.24) is 0 Å². The van der Waals surface area contributed by atoms with Crippen molar-refractivity contribution in [2.45, 2.75) is 183 Å². The summed E-state index contributed by atoms with van der Waals surface area (Å²) in [6.45, 7) is 15.8. The molecule has 8 saturated carbocycles. The van der Waals surface area contributed by atoms with Crippen molar-refractivity contribution < 1.29 is 0 Å². The van der Waals surface area contributed by atoms with Crippen LogP contribution in [0.5, 0.6) is 0 Å². The van der Waals surface area contributed by atoms with E-state index in [4.69, 9.17) is 0 Å². The Hall–Kier alpha value is 0. The van der Waals surface area contributed by atoms with Crippen molar-refractivity contribution in [3.05, 3.63) is 0 Å². The van der Waals surface area contributed by atoms with Crippen LogP contribution >= 0.6 is 0 Å². The van der Waals surface area contributed by atoms with E-state index in [2.05, 4.69) is 41.5 Å². The third-order valence-corrected chi connectivity index (χ3v) is 20.0. The van der Waals surface area contributed by atoms with Gasteiger partial charge in [0.25, 0.3) is 0 Å². The fourth-order valence-electron chi connectivity index (χ4n) is 16.9. The van der Waals surface area contributed by atoms with E-state index in [0.717, 1.165) is 82.9 Å². The molecule has 256 valence electrons. The molecule has 0 heterocycles. The maximum Gasteiger partial charge on any atom is -0.0230 e. The minimum absolute atomic E-state index is 0.540. The second kappa shape index (κ2) is 12.1. The second-order valence-corrected chi connectivity index (χ2v) is 20.5. The molecule has 0 radical (unpaired) electrons. The quantitative estimate of drug-likeness (QED) is 0.278. The molecule has 0 aliphatic heterocycles. The average Bonchev–Trinajstić information content (AvgIpc) is 3.59. The Bertz CT molecular complexity index is 1000. The Labute approximate surface area is 281 Å². The van der Waals surface area contributed by atoms with Crippen molar-refractivity contribution >= 4 is 0 Å². The van der Waals surface area contributed by atoms with Gasteiger partial charge >= 0.3 is 0 Å². The first-order valence-electron chi connectivity index (χ1n) is 21.8. The SMILES string of the molecule is CCC(C)(CC)C1CC(C(C)(CC)CC)CC2(C1)C1CC3CCCCC3CC1C1C3C(CCC12)CC1C2CCCCC2CCC13. The maximum absolute atomic E-state index is 2.76. The van der Waals surface area contributed by atoms with Gasteiger partial charge in [-0.3, -0.25) is 0 Å². The molecule has 8 aliphatic rings. The van der Waals surface area contributed by atoms with Crippen molar-refractivity contribution in [2.75, 3.05) is 0 Å². The number of hydrogen-bond acceptors (Lipinski definition) is 0. The molecule has 0 amide bonds. The molecule has 0 aromatic heterocycles. The average molecular weight is 617 g/mol. The van der Waals surface area contributed by atoms with Crippen LogP contribution < -0.4 is 0 Å². The summed E-state index contributed by atoms with van der Waals surface area (Å²) in [4.78, 5) is 0. The molecule has 45 heavy (non-hydrogen) atoms. The second-order valence-electron chi connectivity index (χ2n) is 20.5. The molecule has 14 unspecified atom stereocenters. The van der Waals surface area contributed by atoms with Gasteiger partial charge in [0, 0.05) is 0 Å². The third-order valence-electron chi connectivity index (χ3n) is 20.0. The van der Waals surface area contributed by atoms with Crippen LogP contribution in [-0.4, -0.2) is 0 Å². The zero-order valence-electron chi connectivity index (χ0n) is 31.1. The Morgan fingerprint density at radius 2 is 1.00 bits per heavy atom. The molecule has 14 atom stereocenters. The van der Waals surface area contributed by atoms with Crippen LogP contribution in [0.4, 0.5) is 0 Å². The Morgan fingerprint density at radius 3 is 1.64 bits per heavy atom. The predicted octanol–water partition coefficient (Wildman–Crippen LogP) is 13.4. The third kappa shape index (κ3) is 4.89. The fourth-order valence-corrected chi connectivity index (χ4v) is 16.9. The van der Waals surface area contributed by atoms with E-state index in [0.29, 0.717) is 16.2 Å². The van der Waals surface area contributed by atoms with Crippen LogP contribution in [-0.2, 0) is 0 Å². The highest BCUT2D eigenvalue weighted by Gasteiger charge is 2.69. The molecular weight excluding hydrogens is 540 g/mol. The molecule has 8 rings (SSSR count). The summed E-state index contributed by atoms with van der Waals surface area (Å²) in [5.74, 6) is 15.3. The van der Waals surface area contributed by atoms with Gasteiger partial charge in [-0.15, -0.1) is 0 Å². The maximum atomic E-state index is 2.76. The monoisotopic (exact) mass is 617 g/mol. The van der Waals surface area contributed by atoms with Gasteiger partial charge in [0.05, 0.1) is 0 Å². The van der Waals surface area contributed by atoms with E-state index in [-0.39, 0.29) is 0 Å². The van der Waals surface area contributed by atoms with Gasteiger partial charge in [0.1, 0.15) is 0 Å². The number of hydrogen-bond donors (Lipinski definition) is 0. The van der Waals surface area contributed by atoms with Gasteiger partial charge in [-0.25, -0.2) is 0 Å². The lowest BCUT2D eigenvalue weighted by atomic mass is 9.46. The number of rotatable bonds is 6. The molecule has 0 aromatic carbocycles. The molecular formula is C45H76. The largest absolute Gasteiger partial charge is 0.0649 e. The smallest absolute Gasteiger partial charge is 0.0230 e. The highest BCUT2D eigenvalue weighted by molar-refractivity contribution is 5.18. The molecule has 0 nitrogen and oxygen atoms in total. The topological polar surface area (TPSA) is 0 Å². The van der Waals surface area contributed by atoms with Gasteiger partial charge in [-0.05, 0) is 170 Å². The Morgan fingerprint density at radius 1 is 0.444 bits per heavy atom. The highest BCUT2D eigenvalue weighted by Crippen LogP contribution is 2.76. The van der Waals surface area contributed by atoms with Gasteiger partial charge in [0.2, 0.25) is 0 Å². The van der Waals surface area contributed by atoms with Crippen LogP contribution in [0.25, 0.3) is 0 Å². The lowest BCUT2D eigenvalue weighted by molar-refractivity contribution is -0.0931. The van der Waals surface area contributed by atoms with Crippen LogP contribution in [0.3, 0.4) is 0 Å². The number of fused-ring (bicyclic) bond motifs is 12. The van der Waals surface area contributed by atoms with E-state index in [1.54, 1.807) is 116 Å². The van der Waals surface area contributed by atoms with Crippen LogP contribution in [0.15, 0.2) is 0 Å². The molecule has 8 aliphatic carbocycles. The van der Waals surface area contributed by atoms with Crippen LogP contribution in [0.2, 0.25) is 0 Å². The van der Waals surface area contributed by atoms with Gasteiger partial charge < -0.3 is 0 Å². The minimum atomic E-state index is 0.540. The highest BCUT2D eigenvalue weighted by atomic mass is 14.7. The van der Waals surface area contributed by atoms with E-state index >= 15 is 0 Å². The molecule has 1 spiro atoms. The molecule has 0 saturated heterocycles. The van der Waals surface area contributed by atoms with Crippen LogP contribution in [0, 0.1) is 99.1 Å². The summed E-state index contributed by atoms with van der Waals surface area (Å²) in [6.07, 6.45) is 34.6. The van der Waals surface area contributed by atoms with E-state index < -0.39 is 0 Å². The zero-order chi connectivity index (χ0) is 31.1. The van der Waals surface area contributed by atoms with Gasteiger partial charge in [0.15, 0.2) is 0 Å². The van der Waals surface area contributed by atoms with Crippen LogP contribution in [0.1, 0.15) is 183 Å². The van der Waals surface area contributed by atoms with E-state index in [9.17, 15) is 0 Å². The Balaban J connectivity index is 1.21. The van der Waals surface area contributed by atoms with Crippen molar-refractivity contribution in [2.24, 2.45) is 99.1 Å². The molecule has 0 aromatic rings. The van der Waals surface area contributed by atoms with Crippen molar-refractivity contribution in [3.8, 4) is 0 Å². The normalized spacial score (nSPS) is 51.1. The molecule has 8 fully saturated rings. The minimum Gasteiger partial charge on any atom is -0.0649 e. The fraction of sp³-hybridized carbons (Fsp3) is 1.00. The summed E-state index contributed by atoms with van der Waals surface area (Å²) < 4.78 is 0. The predicted molar refractivity (Wildman–Crippen MR) is 192 cm³/mol. The lowest BCUT2D eigenvalue weighted by Crippen LogP contribution is -2.50. The summed E-state index contributed by atoms with van der Waals surface area (Å²) >= 11 is 0. The van der Waals surface area contributed by atoms with Crippen molar-refractivity contribution in [1.29, 1.82) is 0 Å². The van der Waals surface area contributed by atoms with Gasteiger partial charge in [-0.2, -0.15) is 0 Å². The van der Waals surface area contributed by atoms with Gasteiger partial charge in [-0.1, -0.05) is 112 Å². The lowest BCUT2D eigenvalue weighted by Gasteiger charge is -2.59. The zero-order valence-corrected chi connectivity index (χ0v) is 31.1. The summed E-state index contributed by atoms with van der Waals surface area (Å²) in [6, 6.07) is 0. The van der Waals surface area contributed by atoms with E-state index in [1.165, 1.54) is 25.7 Å². The molecule has 0 bridgehead atoms. The first-order valence-corrected chi connectivity index (χ1v) is 21.8. The summed E-state index contributed by atoms with van der Waals surface area (Å²) in [5.41, 5.74) is 1.76. The van der Waals surface area contributed by atoms with Crippen molar-refractivity contribution in [3.63, 3.8) is 0 Å². The first kappa shape index (κ1) is 32.2. The summed E-state index contributed by atoms with van der Waals surface area (Å²) in [7, 11) is 0. The Kier molecular flexibility index (Phi) is 8.66.